The fraction of sp³-hybridized carbons (Fsp3) is 0. The highest BCUT2D eigenvalue weighted by molar-refractivity contribution is 6.19. The number of nitrogens with zero attached hydrogens (tertiary/aromatic N) is 2. The number of rotatable bonds is 6. The summed E-state index contributed by atoms with van der Waals surface area (Å²) >= 11 is 0. The molecule has 4 nitrogen and oxygen atoms in total. The van der Waals surface area contributed by atoms with Gasteiger partial charge in [0.05, 0.1) is 22.1 Å². The normalized spacial score (nSPS) is 12.0. The third-order valence-electron chi connectivity index (χ3n) is 14.5. The summed E-state index contributed by atoms with van der Waals surface area (Å²) in [5.74, 6) is 0. The first-order valence-electron chi connectivity index (χ1n) is 23.9. The Balaban J connectivity index is 0.870. The van der Waals surface area contributed by atoms with Crippen molar-refractivity contribution in [2.45, 2.75) is 0 Å². The minimum Gasteiger partial charge on any atom is -0.455 e. The molecule has 0 spiro atoms. The second kappa shape index (κ2) is 15.1. The van der Waals surface area contributed by atoms with Gasteiger partial charge >= 0.3 is 0 Å². The highest BCUT2D eigenvalue weighted by Gasteiger charge is 2.21. The number of para-hydroxylation sites is 4. The first-order chi connectivity index (χ1) is 34.7. The molecule has 15 aromatic rings. The summed E-state index contributed by atoms with van der Waals surface area (Å²) in [6.07, 6.45) is 0. The monoisotopic (exact) mass is 892 g/mol. The maximum Gasteiger partial charge on any atom is 0.143 e. The van der Waals surface area contributed by atoms with E-state index in [1.54, 1.807) is 0 Å². The van der Waals surface area contributed by atoms with Crippen molar-refractivity contribution >= 4 is 87.5 Å². The van der Waals surface area contributed by atoms with Crippen molar-refractivity contribution in [2.75, 3.05) is 0 Å². The van der Waals surface area contributed by atoms with E-state index in [-0.39, 0.29) is 0 Å². The van der Waals surface area contributed by atoms with Crippen LogP contribution >= 0.6 is 0 Å². The molecule has 0 aliphatic heterocycles. The molecule has 0 aliphatic rings. The van der Waals surface area contributed by atoms with Crippen LogP contribution in [0.15, 0.2) is 251 Å². The zero-order valence-electron chi connectivity index (χ0n) is 37.8. The fourth-order valence-electron chi connectivity index (χ4n) is 11.3. The molecular weight excluding hydrogens is 853 g/mol. The predicted molar refractivity (Wildman–Crippen MR) is 291 cm³/mol. The highest BCUT2D eigenvalue weighted by Crippen LogP contribution is 2.45. The second-order valence-electron chi connectivity index (χ2n) is 18.4. The second-order valence-corrected chi connectivity index (χ2v) is 18.4. The minimum absolute atomic E-state index is 0.835. The lowest BCUT2D eigenvalue weighted by Crippen LogP contribution is -1.93. The molecule has 70 heavy (non-hydrogen) atoms. The van der Waals surface area contributed by atoms with Crippen LogP contribution in [0.25, 0.3) is 143 Å². The van der Waals surface area contributed by atoms with Gasteiger partial charge in [0.2, 0.25) is 0 Å². The van der Waals surface area contributed by atoms with Crippen LogP contribution in [-0.4, -0.2) is 9.13 Å². The number of fused-ring (bicyclic) bond motifs is 12. The molecular formula is C66H40N2O2. The Labute approximate surface area is 402 Å². The van der Waals surface area contributed by atoms with E-state index in [4.69, 9.17) is 8.83 Å². The Hall–Kier alpha value is -9.38. The van der Waals surface area contributed by atoms with Crippen LogP contribution < -0.4 is 0 Å². The summed E-state index contributed by atoms with van der Waals surface area (Å²) in [4.78, 5) is 0. The quantitative estimate of drug-likeness (QED) is 0.167. The van der Waals surface area contributed by atoms with Crippen molar-refractivity contribution in [3.63, 3.8) is 0 Å². The molecule has 11 aromatic carbocycles. The van der Waals surface area contributed by atoms with Gasteiger partial charge in [-0.3, -0.25) is 0 Å². The molecule has 0 aliphatic carbocycles. The van der Waals surface area contributed by atoms with Gasteiger partial charge in [-0.05, 0) is 118 Å². The number of furan rings is 2. The van der Waals surface area contributed by atoms with Crippen molar-refractivity contribution in [2.24, 2.45) is 0 Å². The van der Waals surface area contributed by atoms with E-state index >= 15 is 0 Å². The predicted octanol–water partition coefficient (Wildman–Crippen LogP) is 18.3. The molecule has 0 amide bonds. The maximum absolute atomic E-state index is 6.95. The van der Waals surface area contributed by atoms with E-state index in [9.17, 15) is 0 Å². The van der Waals surface area contributed by atoms with Gasteiger partial charge in [-0.1, -0.05) is 158 Å². The van der Waals surface area contributed by atoms with Crippen molar-refractivity contribution in [3.8, 4) is 55.9 Å². The SMILES string of the molecule is c1ccc(-c2ccc3c(c2)c2cc(-c4cccc5c4oc4cc6c(cc45)oc4c(-c5ccc7c(c5)c5cc(-c8ccccc8)ccc5n7-c5ccccc5)cccc46)ccc2n3-c2ccccc2)cc1. The molecule has 0 fully saturated rings. The van der Waals surface area contributed by atoms with Gasteiger partial charge < -0.3 is 18.0 Å². The molecule has 4 heteroatoms. The van der Waals surface area contributed by atoms with Crippen molar-refractivity contribution in [3.05, 3.63) is 243 Å². The van der Waals surface area contributed by atoms with E-state index in [0.717, 1.165) is 88.5 Å². The average Bonchev–Trinajstić information content (AvgIpc) is 4.18. The van der Waals surface area contributed by atoms with Crippen LogP contribution in [0.1, 0.15) is 0 Å². The molecule has 326 valence electrons. The topological polar surface area (TPSA) is 36.1 Å². The van der Waals surface area contributed by atoms with E-state index < -0.39 is 0 Å². The summed E-state index contributed by atoms with van der Waals surface area (Å²) in [6, 6.07) is 87.2. The molecule has 15 rings (SSSR count). The molecule has 0 saturated heterocycles. The highest BCUT2D eigenvalue weighted by atomic mass is 16.3. The van der Waals surface area contributed by atoms with Gasteiger partial charge in [0, 0.05) is 65.6 Å². The minimum atomic E-state index is 0.835. The third-order valence-corrected chi connectivity index (χ3v) is 14.5. The zero-order valence-corrected chi connectivity index (χ0v) is 37.8. The largest absolute Gasteiger partial charge is 0.455 e. The number of hydrogen-bond acceptors (Lipinski definition) is 2. The van der Waals surface area contributed by atoms with Crippen molar-refractivity contribution in [1.82, 2.24) is 9.13 Å². The van der Waals surface area contributed by atoms with Crippen LogP contribution in [0.3, 0.4) is 0 Å². The molecule has 0 unspecified atom stereocenters. The van der Waals surface area contributed by atoms with Crippen molar-refractivity contribution < 1.29 is 8.83 Å². The van der Waals surface area contributed by atoms with E-state index in [1.165, 1.54) is 54.8 Å². The van der Waals surface area contributed by atoms with Gasteiger partial charge in [0.15, 0.2) is 0 Å². The molecule has 0 atom stereocenters. The zero-order chi connectivity index (χ0) is 45.9. The molecule has 0 bridgehead atoms. The first kappa shape index (κ1) is 38.7. The van der Waals surface area contributed by atoms with E-state index in [2.05, 4.69) is 252 Å². The van der Waals surface area contributed by atoms with Gasteiger partial charge in [-0.2, -0.15) is 0 Å². The molecule has 0 saturated carbocycles. The lowest BCUT2D eigenvalue weighted by molar-refractivity contribution is 0.665. The Morgan fingerprint density at radius 2 is 0.571 bits per heavy atom. The van der Waals surface area contributed by atoms with Crippen molar-refractivity contribution in [1.29, 1.82) is 0 Å². The standard InChI is InChI=1S/C66H40N2O2/c1-5-15-41(16-6-1)43-27-31-59-53(35-43)55-37-45(29-33-61(55)67(59)47-19-9-3-10-20-47)49-23-13-25-51-57-39-64-58(40-63(57)69-65(49)51)52-26-14-24-50(66(52)70-64)46-30-34-62-56(38-46)54-36-44(42-17-7-2-8-18-42)28-32-60(54)68(62)48-21-11-4-12-22-48/h1-40H. The van der Waals surface area contributed by atoms with Gasteiger partial charge in [0.25, 0.3) is 0 Å². The third kappa shape index (κ3) is 5.84. The van der Waals surface area contributed by atoms with Crippen LogP contribution in [0.2, 0.25) is 0 Å². The smallest absolute Gasteiger partial charge is 0.143 e. The van der Waals surface area contributed by atoms with Gasteiger partial charge in [0.1, 0.15) is 22.3 Å². The molecule has 4 heterocycles. The summed E-state index contributed by atoms with van der Waals surface area (Å²) < 4.78 is 18.7. The molecule has 0 N–H and O–H groups in total. The van der Waals surface area contributed by atoms with Gasteiger partial charge in [-0.15, -0.1) is 0 Å². The Kier molecular flexibility index (Phi) is 8.33. The van der Waals surface area contributed by atoms with E-state index in [0.29, 0.717) is 0 Å². The lowest BCUT2D eigenvalue weighted by Gasteiger charge is -2.08. The lowest BCUT2D eigenvalue weighted by atomic mass is 9.98. The molecule has 0 radical (unpaired) electrons. The summed E-state index contributed by atoms with van der Waals surface area (Å²) in [5.41, 5.74) is 19.4. The fourth-order valence-corrected chi connectivity index (χ4v) is 11.3. The summed E-state index contributed by atoms with van der Waals surface area (Å²) in [7, 11) is 0. The summed E-state index contributed by atoms with van der Waals surface area (Å²) in [6.45, 7) is 0. The Bertz CT molecular complexity index is 4260. The first-order valence-corrected chi connectivity index (χ1v) is 23.9. The molecule has 4 aromatic heterocycles. The Morgan fingerprint density at radius 1 is 0.229 bits per heavy atom. The Morgan fingerprint density at radius 3 is 0.957 bits per heavy atom. The van der Waals surface area contributed by atoms with Crippen LogP contribution in [-0.2, 0) is 0 Å². The number of hydrogen-bond donors (Lipinski definition) is 0. The number of benzene rings is 11. The van der Waals surface area contributed by atoms with Crippen LogP contribution in [0.4, 0.5) is 0 Å². The average molecular weight is 893 g/mol. The van der Waals surface area contributed by atoms with Crippen LogP contribution in [0.5, 0.6) is 0 Å². The van der Waals surface area contributed by atoms with Gasteiger partial charge in [-0.25, -0.2) is 0 Å². The maximum atomic E-state index is 6.95. The summed E-state index contributed by atoms with van der Waals surface area (Å²) in [5, 5.41) is 8.99. The van der Waals surface area contributed by atoms with Crippen LogP contribution in [0, 0.1) is 0 Å². The number of aromatic nitrogens is 2. The van der Waals surface area contributed by atoms with E-state index in [1.807, 2.05) is 0 Å².